The van der Waals surface area contributed by atoms with E-state index >= 15 is 0 Å². The van der Waals surface area contributed by atoms with Gasteiger partial charge in [0, 0.05) is 4.47 Å². The van der Waals surface area contributed by atoms with Gasteiger partial charge >= 0.3 is 0 Å². The SMILES string of the molecule is CC1(C2C(=O)Nc3c(Br)cc(F)cc32)CCCCC1. The first kappa shape index (κ1) is 13.1. The van der Waals surface area contributed by atoms with Crippen molar-refractivity contribution in [3.8, 4) is 0 Å². The minimum absolute atomic E-state index is 0.0192. The van der Waals surface area contributed by atoms with Crippen LogP contribution in [0.5, 0.6) is 0 Å². The molecule has 19 heavy (non-hydrogen) atoms. The van der Waals surface area contributed by atoms with Gasteiger partial charge in [0.05, 0.1) is 11.6 Å². The van der Waals surface area contributed by atoms with Crippen molar-refractivity contribution in [1.82, 2.24) is 0 Å². The lowest BCUT2D eigenvalue weighted by Gasteiger charge is -2.38. The molecule has 1 fully saturated rings. The summed E-state index contributed by atoms with van der Waals surface area (Å²) in [6.07, 6.45) is 5.64. The molecule has 1 heterocycles. The second kappa shape index (κ2) is 4.58. The van der Waals surface area contributed by atoms with Crippen molar-refractivity contribution in [1.29, 1.82) is 0 Å². The third-order valence-electron chi connectivity index (χ3n) is 4.60. The number of carbonyl (C=O) groups is 1. The topological polar surface area (TPSA) is 29.1 Å². The van der Waals surface area contributed by atoms with Gasteiger partial charge in [-0.1, -0.05) is 26.2 Å². The first-order valence-corrected chi connectivity index (χ1v) is 7.60. The summed E-state index contributed by atoms with van der Waals surface area (Å²) in [5, 5.41) is 2.91. The number of carbonyl (C=O) groups excluding carboxylic acids is 1. The first-order valence-electron chi connectivity index (χ1n) is 6.81. The Morgan fingerprint density at radius 1 is 1.32 bits per heavy atom. The van der Waals surface area contributed by atoms with Gasteiger partial charge in [-0.3, -0.25) is 4.79 Å². The van der Waals surface area contributed by atoms with Crippen LogP contribution in [0.1, 0.15) is 50.5 Å². The lowest BCUT2D eigenvalue weighted by molar-refractivity contribution is -0.120. The molecule has 0 radical (unpaired) electrons. The fraction of sp³-hybridized carbons (Fsp3) is 0.533. The normalized spacial score (nSPS) is 25.0. The standard InChI is InChI=1S/C15H17BrFNO/c1-15(5-3-2-4-6-15)12-10-7-9(17)8-11(16)13(10)18-14(12)19/h7-8,12H,2-6H2,1H3,(H,18,19). The lowest BCUT2D eigenvalue weighted by atomic mass is 9.65. The quantitative estimate of drug-likeness (QED) is 0.803. The molecule has 1 unspecified atom stereocenters. The summed E-state index contributed by atoms with van der Waals surface area (Å²) in [6.45, 7) is 2.17. The van der Waals surface area contributed by atoms with E-state index in [0.717, 1.165) is 36.9 Å². The highest BCUT2D eigenvalue weighted by Gasteiger charge is 2.45. The highest BCUT2D eigenvalue weighted by Crippen LogP contribution is 2.52. The van der Waals surface area contributed by atoms with Crippen molar-refractivity contribution in [2.24, 2.45) is 5.41 Å². The zero-order chi connectivity index (χ0) is 13.6. The van der Waals surface area contributed by atoms with Gasteiger partial charge < -0.3 is 5.32 Å². The summed E-state index contributed by atoms with van der Waals surface area (Å²) in [6, 6.07) is 2.92. The van der Waals surface area contributed by atoms with Gasteiger partial charge in [0.15, 0.2) is 0 Å². The van der Waals surface area contributed by atoms with Gasteiger partial charge in [-0.2, -0.15) is 0 Å². The Balaban J connectivity index is 2.07. The van der Waals surface area contributed by atoms with Crippen molar-refractivity contribution in [3.63, 3.8) is 0 Å². The number of benzene rings is 1. The van der Waals surface area contributed by atoms with Gasteiger partial charge in [0.25, 0.3) is 0 Å². The van der Waals surface area contributed by atoms with E-state index in [1.54, 1.807) is 0 Å². The number of anilines is 1. The smallest absolute Gasteiger partial charge is 0.232 e. The summed E-state index contributed by atoms with van der Waals surface area (Å²) in [5.41, 5.74) is 1.53. The zero-order valence-electron chi connectivity index (χ0n) is 10.9. The van der Waals surface area contributed by atoms with Crippen LogP contribution >= 0.6 is 15.9 Å². The summed E-state index contributed by atoms with van der Waals surface area (Å²) in [5.74, 6) is -0.480. The summed E-state index contributed by atoms with van der Waals surface area (Å²) in [7, 11) is 0. The maximum absolute atomic E-state index is 13.6. The maximum Gasteiger partial charge on any atom is 0.232 e. The van der Waals surface area contributed by atoms with Crippen LogP contribution in [0.4, 0.5) is 10.1 Å². The van der Waals surface area contributed by atoms with Crippen molar-refractivity contribution in [2.45, 2.75) is 44.9 Å². The number of halogens is 2. The van der Waals surface area contributed by atoms with Gasteiger partial charge in [-0.25, -0.2) is 4.39 Å². The predicted molar refractivity (Wildman–Crippen MR) is 76.7 cm³/mol. The fourth-order valence-corrected chi connectivity index (χ4v) is 4.18. The van der Waals surface area contributed by atoms with Gasteiger partial charge in [0.1, 0.15) is 5.82 Å². The average molecular weight is 326 g/mol. The van der Waals surface area contributed by atoms with Crippen molar-refractivity contribution in [2.75, 3.05) is 5.32 Å². The number of hydrogen-bond acceptors (Lipinski definition) is 1. The number of amides is 1. The molecule has 1 aliphatic carbocycles. The fourth-order valence-electron chi connectivity index (χ4n) is 3.63. The molecule has 1 aromatic rings. The van der Waals surface area contributed by atoms with E-state index in [-0.39, 0.29) is 23.1 Å². The number of hydrogen-bond donors (Lipinski definition) is 1. The molecule has 2 nitrogen and oxygen atoms in total. The molecule has 0 saturated heterocycles. The van der Waals surface area contributed by atoms with E-state index in [0.29, 0.717) is 4.47 Å². The molecule has 1 atom stereocenters. The van der Waals surface area contributed by atoms with E-state index in [1.807, 2.05) is 0 Å². The summed E-state index contributed by atoms with van der Waals surface area (Å²) in [4.78, 5) is 12.3. The van der Waals surface area contributed by atoms with E-state index in [4.69, 9.17) is 0 Å². The number of rotatable bonds is 1. The Bertz CT molecular complexity index is 537. The van der Waals surface area contributed by atoms with Crippen molar-refractivity contribution < 1.29 is 9.18 Å². The monoisotopic (exact) mass is 325 g/mol. The molecular weight excluding hydrogens is 309 g/mol. The number of nitrogens with one attached hydrogen (secondary N) is 1. The number of fused-ring (bicyclic) bond motifs is 1. The lowest BCUT2D eigenvalue weighted by Crippen LogP contribution is -2.32. The second-order valence-corrected chi connectivity index (χ2v) is 6.84. The van der Waals surface area contributed by atoms with E-state index in [2.05, 4.69) is 28.2 Å². The summed E-state index contributed by atoms with van der Waals surface area (Å²) >= 11 is 3.34. The highest BCUT2D eigenvalue weighted by atomic mass is 79.9. The van der Waals surface area contributed by atoms with Crippen LogP contribution in [0.2, 0.25) is 0 Å². The minimum atomic E-state index is -0.286. The Hall–Kier alpha value is -0.900. The Kier molecular flexibility index (Phi) is 3.16. The zero-order valence-corrected chi connectivity index (χ0v) is 12.5. The molecule has 1 aromatic carbocycles. The third-order valence-corrected chi connectivity index (χ3v) is 5.23. The molecule has 0 bridgehead atoms. The van der Waals surface area contributed by atoms with Gasteiger partial charge in [-0.05, 0) is 51.9 Å². The highest BCUT2D eigenvalue weighted by molar-refractivity contribution is 9.10. The molecule has 3 rings (SSSR count). The van der Waals surface area contributed by atoms with Crippen LogP contribution in [0, 0.1) is 11.2 Å². The van der Waals surface area contributed by atoms with Crippen molar-refractivity contribution in [3.05, 3.63) is 28.0 Å². The van der Waals surface area contributed by atoms with Gasteiger partial charge in [-0.15, -0.1) is 0 Å². The van der Waals surface area contributed by atoms with Crippen LogP contribution < -0.4 is 5.32 Å². The third kappa shape index (κ3) is 2.10. The largest absolute Gasteiger partial charge is 0.324 e. The molecule has 102 valence electrons. The summed E-state index contributed by atoms with van der Waals surface area (Å²) < 4.78 is 14.3. The van der Waals surface area contributed by atoms with Crippen LogP contribution in [-0.2, 0) is 4.79 Å². The molecular formula is C15H17BrFNO. The van der Waals surface area contributed by atoms with Gasteiger partial charge in [0.2, 0.25) is 5.91 Å². The predicted octanol–water partition coefficient (Wildman–Crippen LogP) is 4.59. The first-order chi connectivity index (χ1) is 9.01. The second-order valence-electron chi connectivity index (χ2n) is 5.99. The molecule has 4 heteroatoms. The molecule has 2 aliphatic rings. The molecule has 1 aliphatic heterocycles. The molecule has 0 spiro atoms. The van der Waals surface area contributed by atoms with Crippen LogP contribution in [0.3, 0.4) is 0 Å². The average Bonchev–Trinajstić information content (AvgIpc) is 2.67. The van der Waals surface area contributed by atoms with Crippen LogP contribution in [0.15, 0.2) is 16.6 Å². The Labute approximate surface area is 120 Å². The van der Waals surface area contributed by atoms with Crippen LogP contribution in [0.25, 0.3) is 0 Å². The minimum Gasteiger partial charge on any atom is -0.324 e. The Morgan fingerprint density at radius 3 is 2.68 bits per heavy atom. The molecule has 1 N–H and O–H groups in total. The molecule has 0 aromatic heterocycles. The van der Waals surface area contributed by atoms with E-state index in [9.17, 15) is 9.18 Å². The van der Waals surface area contributed by atoms with E-state index in [1.165, 1.54) is 18.6 Å². The molecule has 1 saturated carbocycles. The van der Waals surface area contributed by atoms with Crippen molar-refractivity contribution >= 4 is 27.5 Å². The Morgan fingerprint density at radius 2 is 2.00 bits per heavy atom. The molecule has 1 amide bonds. The van der Waals surface area contributed by atoms with E-state index < -0.39 is 0 Å². The maximum atomic E-state index is 13.6. The van der Waals surface area contributed by atoms with Crippen LogP contribution in [-0.4, -0.2) is 5.91 Å².